The minimum absolute atomic E-state index is 0.0698. The summed E-state index contributed by atoms with van der Waals surface area (Å²) >= 11 is 3.02. The highest BCUT2D eigenvalue weighted by Gasteiger charge is 2.31. The Morgan fingerprint density at radius 2 is 1.87 bits per heavy atom. The molecule has 0 saturated carbocycles. The van der Waals surface area contributed by atoms with Crippen molar-refractivity contribution in [3.63, 3.8) is 0 Å². The van der Waals surface area contributed by atoms with Crippen LogP contribution in [0.5, 0.6) is 11.5 Å². The Kier molecular flexibility index (Phi) is 3.68. The van der Waals surface area contributed by atoms with E-state index < -0.39 is 17.5 Å². The van der Waals surface area contributed by atoms with Crippen LogP contribution in [0, 0.1) is 0 Å². The lowest BCUT2D eigenvalue weighted by atomic mass is 10.1. The molecular formula is C16H8BrF3O3. The zero-order valence-corrected chi connectivity index (χ0v) is 12.9. The number of hydrogen-bond donors (Lipinski definition) is 1. The fourth-order valence-electron chi connectivity index (χ4n) is 2.19. The van der Waals surface area contributed by atoms with E-state index in [0.29, 0.717) is 0 Å². The average molecular weight is 385 g/mol. The van der Waals surface area contributed by atoms with Gasteiger partial charge in [-0.1, -0.05) is 15.9 Å². The molecule has 1 heterocycles. The number of fused-ring (bicyclic) bond motifs is 1. The first-order valence-electron chi connectivity index (χ1n) is 6.39. The van der Waals surface area contributed by atoms with E-state index in [0.717, 1.165) is 12.1 Å². The molecule has 3 rings (SSSR count). The summed E-state index contributed by atoms with van der Waals surface area (Å²) in [6.45, 7) is 0. The van der Waals surface area contributed by atoms with Gasteiger partial charge >= 0.3 is 6.18 Å². The van der Waals surface area contributed by atoms with Gasteiger partial charge in [0, 0.05) is 10.5 Å². The summed E-state index contributed by atoms with van der Waals surface area (Å²) in [6, 6.07) is 7.33. The van der Waals surface area contributed by atoms with Crippen LogP contribution in [0.4, 0.5) is 13.2 Å². The van der Waals surface area contributed by atoms with Crippen molar-refractivity contribution in [2.45, 2.75) is 6.18 Å². The van der Waals surface area contributed by atoms with Crippen molar-refractivity contribution in [3.8, 4) is 11.5 Å². The monoisotopic (exact) mass is 384 g/mol. The number of phenols is 1. The van der Waals surface area contributed by atoms with Crippen LogP contribution in [0.15, 0.2) is 46.6 Å². The van der Waals surface area contributed by atoms with Crippen molar-refractivity contribution in [1.82, 2.24) is 0 Å². The van der Waals surface area contributed by atoms with Gasteiger partial charge in [-0.15, -0.1) is 0 Å². The van der Waals surface area contributed by atoms with Crippen LogP contribution in [0.25, 0.3) is 6.08 Å². The van der Waals surface area contributed by atoms with Crippen molar-refractivity contribution >= 4 is 27.8 Å². The van der Waals surface area contributed by atoms with Crippen molar-refractivity contribution < 1.29 is 27.8 Å². The van der Waals surface area contributed by atoms with Crippen molar-refractivity contribution in [2.24, 2.45) is 0 Å². The third-order valence-corrected chi connectivity index (χ3v) is 3.66. The predicted octanol–water partition coefficient (Wildman–Crippen LogP) is 4.79. The molecule has 1 aliphatic heterocycles. The van der Waals surface area contributed by atoms with Crippen molar-refractivity contribution in [3.05, 3.63) is 63.3 Å². The molecule has 0 amide bonds. The van der Waals surface area contributed by atoms with Crippen LogP contribution in [-0.2, 0) is 6.18 Å². The number of alkyl halides is 3. The maximum atomic E-state index is 12.8. The smallest absolute Gasteiger partial charge is 0.416 e. The van der Waals surface area contributed by atoms with E-state index in [-0.39, 0.29) is 32.9 Å². The van der Waals surface area contributed by atoms with Crippen LogP contribution in [0.3, 0.4) is 0 Å². The molecule has 0 bridgehead atoms. The van der Waals surface area contributed by atoms with Gasteiger partial charge in [0.2, 0.25) is 5.78 Å². The molecule has 7 heteroatoms. The summed E-state index contributed by atoms with van der Waals surface area (Å²) in [7, 11) is 0. The van der Waals surface area contributed by atoms with Crippen LogP contribution in [-0.4, -0.2) is 10.9 Å². The molecule has 23 heavy (non-hydrogen) atoms. The van der Waals surface area contributed by atoms with Gasteiger partial charge in [-0.05, 0) is 42.0 Å². The molecule has 0 saturated heterocycles. The fourth-order valence-corrected chi connectivity index (χ4v) is 2.70. The zero-order chi connectivity index (χ0) is 16.8. The van der Waals surface area contributed by atoms with Crippen LogP contribution in [0.1, 0.15) is 21.5 Å². The Morgan fingerprint density at radius 1 is 1.13 bits per heavy atom. The second-order valence-electron chi connectivity index (χ2n) is 4.89. The molecule has 1 aliphatic rings. The van der Waals surface area contributed by atoms with Gasteiger partial charge in [0.25, 0.3) is 0 Å². The van der Waals surface area contributed by atoms with E-state index in [1.165, 1.54) is 30.3 Å². The number of allylic oxidation sites excluding steroid dienone is 1. The SMILES string of the molecule is O=C1/C(=C/c2cc(Br)cc(C(F)(F)F)c2)Oc2cc(O)ccc21. The van der Waals surface area contributed by atoms with Crippen molar-refractivity contribution in [2.75, 3.05) is 0 Å². The molecule has 0 atom stereocenters. The third-order valence-electron chi connectivity index (χ3n) is 3.20. The highest BCUT2D eigenvalue weighted by molar-refractivity contribution is 9.10. The van der Waals surface area contributed by atoms with Crippen LogP contribution >= 0.6 is 15.9 Å². The average Bonchev–Trinajstić information content (AvgIpc) is 2.73. The van der Waals surface area contributed by atoms with E-state index >= 15 is 0 Å². The molecule has 118 valence electrons. The molecule has 0 aliphatic carbocycles. The first kappa shape index (κ1) is 15.6. The summed E-state index contributed by atoms with van der Waals surface area (Å²) in [5.41, 5.74) is -0.411. The van der Waals surface area contributed by atoms with Gasteiger partial charge in [0.05, 0.1) is 11.1 Å². The Morgan fingerprint density at radius 3 is 2.57 bits per heavy atom. The number of carbonyl (C=O) groups is 1. The second-order valence-corrected chi connectivity index (χ2v) is 5.81. The van der Waals surface area contributed by atoms with Crippen molar-refractivity contribution in [1.29, 1.82) is 0 Å². The normalized spacial score (nSPS) is 15.7. The predicted molar refractivity (Wildman–Crippen MR) is 80.2 cm³/mol. The lowest BCUT2D eigenvalue weighted by molar-refractivity contribution is -0.137. The van der Waals surface area contributed by atoms with E-state index in [9.17, 15) is 23.1 Å². The highest BCUT2D eigenvalue weighted by atomic mass is 79.9. The van der Waals surface area contributed by atoms with Crippen LogP contribution < -0.4 is 4.74 Å². The quantitative estimate of drug-likeness (QED) is 0.719. The highest BCUT2D eigenvalue weighted by Crippen LogP contribution is 2.36. The number of hydrogen-bond acceptors (Lipinski definition) is 3. The first-order valence-corrected chi connectivity index (χ1v) is 7.18. The number of ether oxygens (including phenoxy) is 1. The molecule has 2 aromatic rings. The number of benzene rings is 2. The molecule has 0 unspecified atom stereocenters. The fraction of sp³-hybridized carbons (Fsp3) is 0.0625. The maximum Gasteiger partial charge on any atom is 0.416 e. The van der Waals surface area contributed by atoms with E-state index in [1.807, 2.05) is 0 Å². The van der Waals surface area contributed by atoms with E-state index in [4.69, 9.17) is 4.74 Å². The summed E-state index contributed by atoms with van der Waals surface area (Å²) in [4.78, 5) is 12.2. The number of carbonyl (C=O) groups excluding carboxylic acids is 1. The Bertz CT molecular complexity index is 841. The Hall–Kier alpha value is -2.28. The van der Waals surface area contributed by atoms with E-state index in [1.54, 1.807) is 0 Å². The number of ketones is 1. The van der Waals surface area contributed by atoms with Crippen LogP contribution in [0.2, 0.25) is 0 Å². The summed E-state index contributed by atoms with van der Waals surface area (Å²) < 4.78 is 44.1. The van der Waals surface area contributed by atoms with Gasteiger partial charge in [-0.25, -0.2) is 0 Å². The molecule has 0 spiro atoms. The molecule has 2 aromatic carbocycles. The minimum atomic E-state index is -4.49. The zero-order valence-electron chi connectivity index (χ0n) is 11.3. The van der Waals surface area contributed by atoms with Gasteiger partial charge in [-0.2, -0.15) is 13.2 Å². The molecule has 3 nitrogen and oxygen atoms in total. The molecule has 0 aromatic heterocycles. The van der Waals surface area contributed by atoms with Gasteiger partial charge in [0.1, 0.15) is 11.5 Å². The Labute approximate surface area is 137 Å². The number of phenolic OH excluding ortho intramolecular Hbond substituents is 1. The maximum absolute atomic E-state index is 12.8. The molecule has 0 fully saturated rings. The number of Topliss-reactive ketones (excluding diaryl/α,β-unsaturated/α-hetero) is 1. The standard InChI is InChI=1S/C16H8BrF3O3/c17-10-4-8(3-9(6-10)16(18,19)20)5-14-15(22)12-2-1-11(21)7-13(12)23-14/h1-7,21H/b14-5-. The summed E-state index contributed by atoms with van der Waals surface area (Å²) in [5.74, 6) is -0.447. The summed E-state index contributed by atoms with van der Waals surface area (Å²) in [5, 5.41) is 9.38. The number of aromatic hydroxyl groups is 1. The topological polar surface area (TPSA) is 46.5 Å². The molecule has 0 radical (unpaired) electrons. The summed E-state index contributed by atoms with van der Waals surface area (Å²) in [6.07, 6.45) is -3.26. The first-order chi connectivity index (χ1) is 10.7. The van der Waals surface area contributed by atoms with Gasteiger partial charge < -0.3 is 9.84 Å². The largest absolute Gasteiger partial charge is 0.508 e. The number of rotatable bonds is 1. The lowest BCUT2D eigenvalue weighted by Crippen LogP contribution is -2.05. The molecular weight excluding hydrogens is 377 g/mol. The van der Waals surface area contributed by atoms with Gasteiger partial charge in [-0.3, -0.25) is 4.79 Å². The van der Waals surface area contributed by atoms with E-state index in [2.05, 4.69) is 15.9 Å². The lowest BCUT2D eigenvalue weighted by Gasteiger charge is -2.08. The second kappa shape index (κ2) is 5.42. The minimum Gasteiger partial charge on any atom is -0.508 e. The Balaban J connectivity index is 2.01. The molecule has 1 N–H and O–H groups in total. The number of halogens is 4. The third kappa shape index (κ3) is 3.10. The van der Waals surface area contributed by atoms with Gasteiger partial charge in [0.15, 0.2) is 5.76 Å².